The second-order valence-electron chi connectivity index (χ2n) is 9.17. The van der Waals surface area contributed by atoms with Gasteiger partial charge >= 0.3 is 6.03 Å². The Bertz CT molecular complexity index is 1210. The molecule has 4 rings (SSSR count). The highest BCUT2D eigenvalue weighted by molar-refractivity contribution is 5.92. The predicted molar refractivity (Wildman–Crippen MR) is 145 cm³/mol. The molecule has 0 saturated carbocycles. The molecule has 194 valence electrons. The molecule has 7 heteroatoms. The van der Waals surface area contributed by atoms with E-state index in [0.29, 0.717) is 25.1 Å². The number of fused-ring (bicyclic) bond motifs is 1. The summed E-state index contributed by atoms with van der Waals surface area (Å²) in [5, 5.41) is 5.80. The van der Waals surface area contributed by atoms with Crippen LogP contribution in [-0.4, -0.2) is 50.3 Å². The van der Waals surface area contributed by atoms with Crippen LogP contribution < -0.4 is 10.6 Å². The number of benzene rings is 2. The first-order valence-corrected chi connectivity index (χ1v) is 12.7. The van der Waals surface area contributed by atoms with Crippen molar-refractivity contribution in [2.45, 2.75) is 19.3 Å². The van der Waals surface area contributed by atoms with Crippen LogP contribution in [0.1, 0.15) is 29.5 Å². The van der Waals surface area contributed by atoms with Gasteiger partial charge in [0.1, 0.15) is 11.6 Å². The van der Waals surface area contributed by atoms with Gasteiger partial charge in [-0.1, -0.05) is 30.9 Å². The van der Waals surface area contributed by atoms with E-state index >= 15 is 0 Å². The molecule has 0 aromatic heterocycles. The lowest BCUT2D eigenvalue weighted by Crippen LogP contribution is -2.38. The zero-order valence-electron chi connectivity index (χ0n) is 20.9. The summed E-state index contributed by atoms with van der Waals surface area (Å²) in [6, 6.07) is 12.0. The molecule has 37 heavy (non-hydrogen) atoms. The number of anilines is 1. The lowest BCUT2D eigenvalue weighted by molar-refractivity contribution is 0.0375. The molecule has 2 aliphatic rings. The van der Waals surface area contributed by atoms with Crippen molar-refractivity contribution in [2.75, 3.05) is 44.7 Å². The van der Waals surface area contributed by atoms with Gasteiger partial charge < -0.3 is 15.4 Å². The van der Waals surface area contributed by atoms with Gasteiger partial charge in [-0.3, -0.25) is 4.90 Å². The summed E-state index contributed by atoms with van der Waals surface area (Å²) in [6.07, 6.45) is 8.58. The molecule has 0 radical (unpaired) electrons. The van der Waals surface area contributed by atoms with E-state index in [1.165, 1.54) is 24.3 Å². The molecule has 1 fully saturated rings. The Balaban J connectivity index is 1.45. The molecule has 1 aliphatic carbocycles. The molecule has 1 heterocycles. The summed E-state index contributed by atoms with van der Waals surface area (Å²) in [4.78, 5) is 14.7. The fourth-order valence-corrected chi connectivity index (χ4v) is 4.54. The molecule has 5 nitrogen and oxygen atoms in total. The summed E-state index contributed by atoms with van der Waals surface area (Å²) in [5.41, 5.74) is 4.94. The second kappa shape index (κ2) is 13.1. The molecule has 1 saturated heterocycles. The van der Waals surface area contributed by atoms with Crippen LogP contribution in [0.4, 0.5) is 19.3 Å². The summed E-state index contributed by atoms with van der Waals surface area (Å²) >= 11 is 0. The van der Waals surface area contributed by atoms with E-state index in [4.69, 9.17) is 4.74 Å². The number of amides is 2. The monoisotopic (exact) mass is 505 g/mol. The molecular formula is C30H33F2N3O2. The highest BCUT2D eigenvalue weighted by atomic mass is 19.1. The number of hydrogen-bond donors (Lipinski definition) is 2. The van der Waals surface area contributed by atoms with Gasteiger partial charge in [0.15, 0.2) is 0 Å². The summed E-state index contributed by atoms with van der Waals surface area (Å²) in [7, 11) is 0. The number of rotatable bonds is 8. The third-order valence-corrected chi connectivity index (χ3v) is 6.43. The maximum absolute atomic E-state index is 13.9. The third kappa shape index (κ3) is 7.97. The Labute approximate surface area is 217 Å². The first-order valence-electron chi connectivity index (χ1n) is 12.7. The van der Waals surface area contributed by atoms with Crippen molar-refractivity contribution in [3.63, 3.8) is 0 Å². The standard InChI is InChI=1S/C30H33F2N3O2/c1-2-26(31)19-23-7-8-24-21-27(32)9-10-29(24)25(18-23)17-22-5-3-6-28(20-22)34-30(36)33-11-4-12-35-13-15-37-16-14-35/h2-3,5-6,9-10,17-21H,1,4,7-8,11-16H2,(H2,33,34,36)/b25-17+,26-19+. The summed E-state index contributed by atoms with van der Waals surface area (Å²) < 4.78 is 33.3. The molecule has 0 unspecified atom stereocenters. The number of nitrogens with zero attached hydrogens (tertiary/aromatic N) is 1. The molecular weight excluding hydrogens is 472 g/mol. The van der Waals surface area contributed by atoms with Gasteiger partial charge in [-0.15, -0.1) is 0 Å². The zero-order valence-corrected chi connectivity index (χ0v) is 20.9. The Morgan fingerprint density at radius 3 is 2.78 bits per heavy atom. The van der Waals surface area contributed by atoms with Crippen molar-refractivity contribution in [3.05, 3.63) is 101 Å². The minimum absolute atomic E-state index is 0.255. The van der Waals surface area contributed by atoms with E-state index in [-0.39, 0.29) is 11.8 Å². The van der Waals surface area contributed by atoms with Gasteiger partial charge in [0.2, 0.25) is 0 Å². The fourth-order valence-electron chi connectivity index (χ4n) is 4.54. The molecule has 2 aromatic carbocycles. The quantitative estimate of drug-likeness (QED) is 0.336. The number of allylic oxidation sites excluding steroid dienone is 6. The van der Waals surface area contributed by atoms with Crippen molar-refractivity contribution >= 4 is 23.4 Å². The Morgan fingerprint density at radius 1 is 1.14 bits per heavy atom. The average Bonchev–Trinajstić information content (AvgIpc) is 3.06. The lowest BCUT2D eigenvalue weighted by atomic mass is 9.97. The normalized spacial score (nSPS) is 17.5. The van der Waals surface area contributed by atoms with Crippen molar-refractivity contribution in [3.8, 4) is 0 Å². The fraction of sp³-hybridized carbons (Fsp3) is 0.300. The zero-order chi connectivity index (χ0) is 26.0. The largest absolute Gasteiger partial charge is 0.379 e. The number of urea groups is 1. The number of morpholine rings is 1. The van der Waals surface area contributed by atoms with Gasteiger partial charge in [0.25, 0.3) is 0 Å². The number of ether oxygens (including phenoxy) is 1. The molecule has 0 bridgehead atoms. The Morgan fingerprint density at radius 2 is 1.97 bits per heavy atom. The highest BCUT2D eigenvalue weighted by Crippen LogP contribution is 2.32. The minimum Gasteiger partial charge on any atom is -0.379 e. The van der Waals surface area contributed by atoms with Crippen molar-refractivity contribution in [1.29, 1.82) is 0 Å². The van der Waals surface area contributed by atoms with Crippen LogP contribution in [0.5, 0.6) is 0 Å². The van der Waals surface area contributed by atoms with Gasteiger partial charge in [0.05, 0.1) is 13.2 Å². The second-order valence-corrected chi connectivity index (χ2v) is 9.17. The smallest absolute Gasteiger partial charge is 0.319 e. The molecule has 1 aliphatic heterocycles. The van der Waals surface area contributed by atoms with E-state index in [9.17, 15) is 13.6 Å². The number of hydrogen-bond acceptors (Lipinski definition) is 3. The number of nitrogens with one attached hydrogen (secondary N) is 2. The van der Waals surface area contributed by atoms with Crippen molar-refractivity contribution in [2.24, 2.45) is 0 Å². The van der Waals surface area contributed by atoms with Crippen molar-refractivity contribution in [1.82, 2.24) is 10.2 Å². The third-order valence-electron chi connectivity index (χ3n) is 6.43. The van der Waals surface area contributed by atoms with Gasteiger partial charge in [-0.25, -0.2) is 13.6 Å². The number of halogens is 2. The minimum atomic E-state index is -0.412. The topological polar surface area (TPSA) is 53.6 Å². The van der Waals surface area contributed by atoms with E-state index in [1.54, 1.807) is 6.07 Å². The maximum Gasteiger partial charge on any atom is 0.319 e. The van der Waals surface area contributed by atoms with E-state index in [1.807, 2.05) is 36.4 Å². The average molecular weight is 506 g/mol. The first-order chi connectivity index (χ1) is 18.0. The Hall–Kier alpha value is -3.55. The molecule has 2 N–H and O–H groups in total. The van der Waals surface area contributed by atoms with Crippen LogP contribution in [0, 0.1) is 5.82 Å². The van der Waals surface area contributed by atoms with E-state index in [2.05, 4.69) is 22.1 Å². The number of carbonyl (C=O) groups is 1. The van der Waals surface area contributed by atoms with E-state index < -0.39 is 5.83 Å². The van der Waals surface area contributed by atoms with Crippen molar-refractivity contribution < 1.29 is 18.3 Å². The highest BCUT2D eigenvalue weighted by Gasteiger charge is 2.14. The van der Waals surface area contributed by atoms with Crippen LogP contribution >= 0.6 is 0 Å². The molecule has 2 aromatic rings. The first kappa shape index (κ1) is 26.5. The summed E-state index contributed by atoms with van der Waals surface area (Å²) in [6.45, 7) is 8.40. The molecule has 2 amide bonds. The van der Waals surface area contributed by atoms with Crippen LogP contribution in [0.25, 0.3) is 11.6 Å². The summed E-state index contributed by atoms with van der Waals surface area (Å²) in [5.74, 6) is -0.707. The maximum atomic E-state index is 13.9. The van der Waals surface area contributed by atoms with Gasteiger partial charge in [0, 0.05) is 25.3 Å². The van der Waals surface area contributed by atoms with Gasteiger partial charge in [-0.05, 0) is 96.1 Å². The van der Waals surface area contributed by atoms with E-state index in [0.717, 1.165) is 67.1 Å². The van der Waals surface area contributed by atoms with Gasteiger partial charge in [-0.2, -0.15) is 0 Å². The van der Waals surface area contributed by atoms with Crippen LogP contribution in [0.15, 0.2) is 78.7 Å². The van der Waals surface area contributed by atoms with Crippen LogP contribution in [-0.2, 0) is 11.2 Å². The molecule has 0 atom stereocenters. The number of aryl methyl sites for hydroxylation is 1. The van der Waals surface area contributed by atoms with Crippen LogP contribution in [0.2, 0.25) is 0 Å². The van der Waals surface area contributed by atoms with Crippen LogP contribution in [0.3, 0.4) is 0 Å². The predicted octanol–water partition coefficient (Wildman–Crippen LogP) is 6.12. The lowest BCUT2D eigenvalue weighted by Gasteiger charge is -2.26. The Kier molecular flexibility index (Phi) is 9.40. The molecule has 0 spiro atoms. The SMILES string of the molecule is C=C/C(F)=C\C1=CC(=C\c2cccc(NC(=O)NCCCN3CCOCC3)c2)/c2ccc(F)cc2CC1. The number of carbonyl (C=O) groups excluding carboxylic acids is 1.